The van der Waals surface area contributed by atoms with Crippen LogP contribution in [0.5, 0.6) is 0 Å². The highest BCUT2D eigenvalue weighted by Crippen LogP contribution is 2.59. The zero-order valence-electron chi connectivity index (χ0n) is 34.1. The Hall–Kier alpha value is -1.93. The van der Waals surface area contributed by atoms with E-state index in [1.54, 1.807) is 21.4 Å². The van der Waals surface area contributed by atoms with Crippen molar-refractivity contribution in [2.45, 2.75) is 127 Å². The van der Waals surface area contributed by atoms with Crippen molar-refractivity contribution in [3.63, 3.8) is 0 Å². The number of imidazole rings is 1. The van der Waals surface area contributed by atoms with Crippen LogP contribution >= 0.6 is 25.8 Å². The molecule has 4 aromatic heterocycles. The van der Waals surface area contributed by atoms with E-state index in [0.717, 1.165) is 0 Å². The van der Waals surface area contributed by atoms with Crippen LogP contribution in [-0.2, 0) is 52.8 Å². The van der Waals surface area contributed by atoms with Crippen molar-refractivity contribution in [1.82, 2.24) is 34.1 Å². The van der Waals surface area contributed by atoms with Gasteiger partial charge in [0.25, 0.3) is 0 Å². The van der Waals surface area contributed by atoms with Gasteiger partial charge in [0, 0.05) is 6.20 Å². The predicted molar refractivity (Wildman–Crippen MR) is 228 cm³/mol. The number of hydrogen-bond acceptors (Lipinski definition) is 17. The van der Waals surface area contributed by atoms with E-state index in [0.29, 0.717) is 22.2 Å². The van der Waals surface area contributed by atoms with Crippen LogP contribution in [0.15, 0.2) is 31.2 Å². The predicted octanol–water partition coefficient (Wildman–Crippen LogP) is 6.08. The standard InChI is InChI=1S/C33H53N9O10P2S2Si2/c1-32(2,3)57(7,8)51-23-20-14-46-53(43,55)49-22-19(13-45-54(44,56)50-24(23)30(48-20)41-12-11-18-26(34)36-15-38-28(18)41)47-31(25(22)52-58(9,10)33(4,5)6)42-17-40-21-27(35)37-16-39-29(21)42/h11-12,15-17,19-20,22-25,30-31H,13-14H2,1-10H3,(H,43,55)(H,44,56)(H2,34,36,38)(H2,35,37,39)/t19?,20-,22-,23?,24-,25?,30-,31-,53?,54?/m1/s1. The Morgan fingerprint density at radius 1 is 0.810 bits per heavy atom. The molecule has 3 saturated heterocycles. The number of thiol groups is 1. The molecular weight excluding hydrogens is 865 g/mol. The first-order valence-corrected chi connectivity index (χ1v) is 29.9. The number of rotatable bonds is 6. The van der Waals surface area contributed by atoms with Gasteiger partial charge < -0.3 is 43.8 Å². The number of aromatic nitrogens is 7. The summed E-state index contributed by atoms with van der Waals surface area (Å²) in [5.41, 5.74) is 13.5. The minimum absolute atomic E-state index is 0.174. The fourth-order valence-electron chi connectivity index (χ4n) is 6.63. The Balaban J connectivity index is 1.30. The molecule has 0 amide bonds. The van der Waals surface area contributed by atoms with Crippen LogP contribution in [-0.4, -0.2) is 105 Å². The second kappa shape index (κ2) is 15.5. The van der Waals surface area contributed by atoms with Gasteiger partial charge in [0.1, 0.15) is 66.3 Å². The number of nitrogens with zero attached hydrogens (tertiary/aromatic N) is 7. The third-order valence-corrected chi connectivity index (χ3v) is 24.0. The Morgan fingerprint density at radius 3 is 2.05 bits per heavy atom. The molecule has 0 aliphatic carbocycles. The van der Waals surface area contributed by atoms with E-state index in [1.807, 2.05) is 0 Å². The molecule has 3 fully saturated rings. The van der Waals surface area contributed by atoms with Crippen molar-refractivity contribution in [2.24, 2.45) is 0 Å². The summed E-state index contributed by atoms with van der Waals surface area (Å²) in [6.45, 7) is 11.7. The lowest BCUT2D eigenvalue weighted by atomic mass is 10.1. The van der Waals surface area contributed by atoms with Crippen molar-refractivity contribution in [1.29, 1.82) is 0 Å². The summed E-state index contributed by atoms with van der Waals surface area (Å²) < 4.78 is 70.4. The monoisotopic (exact) mass is 917 g/mol. The molecule has 3 aliphatic heterocycles. The maximum Gasteiger partial charge on any atom is 0.386 e. The fourth-order valence-corrected chi connectivity index (χ4v) is 12.1. The maximum atomic E-state index is 14.6. The number of nitrogens with two attached hydrogens (primary N) is 2. The van der Waals surface area contributed by atoms with Gasteiger partial charge in [-0.25, -0.2) is 29.5 Å². The lowest BCUT2D eigenvalue weighted by Crippen LogP contribution is -2.50. The number of ether oxygens (including phenoxy) is 2. The van der Waals surface area contributed by atoms with Gasteiger partial charge in [0.15, 0.2) is 40.6 Å². The van der Waals surface area contributed by atoms with Gasteiger partial charge in [0.05, 0.1) is 24.9 Å². The summed E-state index contributed by atoms with van der Waals surface area (Å²) in [4.78, 5) is 33.5. The van der Waals surface area contributed by atoms with E-state index >= 15 is 0 Å². The van der Waals surface area contributed by atoms with Crippen molar-refractivity contribution in [3.05, 3.63) is 31.2 Å². The van der Waals surface area contributed by atoms with Gasteiger partial charge in [-0.05, 0) is 54.1 Å². The SMILES string of the molecule is CC(C)(C)[Si](C)(C)OC1[C@@H]2OP(O)(=S)OC[C@H]3O[C@@H](n4ccc5c(N)ncnc54)[C@H](OP(=O)(S)OCC2O[C@H]1n1cnc2c(N)ncnc21)C3O[Si](C)(C)C(C)(C)C. The average Bonchev–Trinajstić information content (AvgIpc) is 3.87. The Kier molecular flexibility index (Phi) is 11.8. The molecule has 7 rings (SSSR count). The van der Waals surface area contributed by atoms with Crippen LogP contribution in [0.2, 0.25) is 36.3 Å². The van der Waals surface area contributed by atoms with Crippen LogP contribution in [0.3, 0.4) is 0 Å². The molecule has 5 N–H and O–H groups in total. The van der Waals surface area contributed by atoms with Gasteiger partial charge in [-0.1, -0.05) is 53.8 Å². The van der Waals surface area contributed by atoms with Crippen molar-refractivity contribution in [3.8, 4) is 0 Å². The van der Waals surface area contributed by atoms with Crippen molar-refractivity contribution < 1.29 is 45.9 Å². The molecule has 3 aliphatic rings. The minimum Gasteiger partial charge on any atom is -0.408 e. The van der Waals surface area contributed by atoms with E-state index in [2.05, 4.69) is 105 Å². The summed E-state index contributed by atoms with van der Waals surface area (Å²) in [7, 11) is -5.24. The van der Waals surface area contributed by atoms with Gasteiger partial charge >= 0.3 is 13.5 Å². The van der Waals surface area contributed by atoms with E-state index in [9.17, 15) is 9.46 Å². The van der Waals surface area contributed by atoms with Crippen LogP contribution in [0.25, 0.3) is 22.2 Å². The topological polar surface area (TPSA) is 237 Å². The lowest BCUT2D eigenvalue weighted by molar-refractivity contribution is -0.0584. The van der Waals surface area contributed by atoms with Crippen LogP contribution < -0.4 is 11.5 Å². The quantitative estimate of drug-likeness (QED) is 0.0973. The summed E-state index contributed by atoms with van der Waals surface area (Å²) in [6, 6.07) is 1.75. The highest BCUT2D eigenvalue weighted by molar-refractivity contribution is 8.44. The lowest BCUT2D eigenvalue weighted by Gasteiger charge is -2.41. The number of nitrogen functional groups attached to an aromatic ring is 2. The van der Waals surface area contributed by atoms with Crippen LogP contribution in [0.4, 0.5) is 11.6 Å². The largest absolute Gasteiger partial charge is 0.408 e. The van der Waals surface area contributed by atoms with Gasteiger partial charge in [0.2, 0.25) is 0 Å². The molecule has 0 radical (unpaired) electrons. The first-order chi connectivity index (χ1) is 26.8. The Labute approximate surface area is 349 Å². The molecule has 2 bridgehead atoms. The molecule has 19 nitrogen and oxygen atoms in total. The zero-order chi connectivity index (χ0) is 42.4. The summed E-state index contributed by atoms with van der Waals surface area (Å²) in [5, 5.41) is 0.0437. The number of anilines is 2. The van der Waals surface area contributed by atoms with Crippen molar-refractivity contribution >= 4 is 88.0 Å². The first-order valence-electron chi connectivity index (χ1n) is 18.8. The molecule has 10 atom stereocenters. The number of hydrogen-bond donors (Lipinski definition) is 4. The molecule has 58 heavy (non-hydrogen) atoms. The first kappa shape index (κ1) is 44.1. The van der Waals surface area contributed by atoms with E-state index in [4.69, 9.17) is 59.7 Å². The van der Waals surface area contributed by atoms with Crippen LogP contribution in [0, 0.1) is 0 Å². The third-order valence-electron chi connectivity index (χ3n) is 11.8. The summed E-state index contributed by atoms with van der Waals surface area (Å²) in [5.74, 6) is 0.435. The second-order valence-electron chi connectivity index (χ2n) is 17.8. The van der Waals surface area contributed by atoms with E-state index in [-0.39, 0.29) is 28.3 Å². The minimum atomic E-state index is -4.31. The summed E-state index contributed by atoms with van der Waals surface area (Å²) in [6.07, 6.45) is -2.16. The average molecular weight is 918 g/mol. The zero-order valence-corrected chi connectivity index (χ0v) is 39.6. The van der Waals surface area contributed by atoms with Gasteiger partial charge in [-0.15, -0.1) is 0 Å². The highest BCUT2D eigenvalue weighted by Gasteiger charge is 2.57. The Morgan fingerprint density at radius 2 is 1.40 bits per heavy atom. The number of fused-ring (bicyclic) bond motifs is 5. The second-order valence-corrected chi connectivity index (χ2v) is 33.0. The molecule has 25 heteroatoms. The van der Waals surface area contributed by atoms with E-state index < -0.39 is 85.8 Å². The van der Waals surface area contributed by atoms with Gasteiger partial charge in [-0.3, -0.25) is 18.1 Å². The van der Waals surface area contributed by atoms with Gasteiger partial charge in [-0.2, -0.15) is 0 Å². The van der Waals surface area contributed by atoms with Crippen molar-refractivity contribution in [2.75, 3.05) is 24.7 Å². The third kappa shape index (κ3) is 8.47. The maximum absolute atomic E-state index is 14.6. The molecule has 4 aromatic rings. The summed E-state index contributed by atoms with van der Waals surface area (Å²) >= 11 is 10.2. The molecule has 0 saturated carbocycles. The molecule has 5 unspecified atom stereocenters. The fraction of sp³-hybridized carbons (Fsp3) is 0.667. The molecule has 7 heterocycles. The molecule has 0 spiro atoms. The normalized spacial score (nSPS) is 33.2. The molecular formula is C33H53N9O10P2S2Si2. The molecule has 0 aromatic carbocycles. The smallest absolute Gasteiger partial charge is 0.386 e. The Bertz CT molecular complexity index is 2270. The molecule has 320 valence electrons. The highest BCUT2D eigenvalue weighted by atomic mass is 32.7. The van der Waals surface area contributed by atoms with Crippen LogP contribution in [0.1, 0.15) is 54.0 Å². The van der Waals surface area contributed by atoms with E-state index in [1.165, 1.54) is 19.0 Å².